The van der Waals surface area contributed by atoms with Crippen molar-refractivity contribution in [2.45, 2.75) is 61.7 Å². The molecule has 3 aliphatic rings. The molecule has 1 aliphatic heterocycles. The first-order valence-electron chi connectivity index (χ1n) is 10.1. The molecule has 1 saturated heterocycles. The van der Waals surface area contributed by atoms with E-state index in [-0.39, 0.29) is 19.3 Å². The van der Waals surface area contributed by atoms with E-state index < -0.39 is 23.2 Å². The number of nitrogens with zero attached hydrogens (tertiary/aromatic N) is 2. The topological polar surface area (TPSA) is 56.2 Å². The van der Waals surface area contributed by atoms with Gasteiger partial charge in [0.05, 0.1) is 0 Å². The average molecular weight is 404 g/mol. The summed E-state index contributed by atoms with van der Waals surface area (Å²) in [5.41, 5.74) is -5.85. The summed E-state index contributed by atoms with van der Waals surface area (Å²) < 4.78 is 45.0. The Balaban J connectivity index is 1.89. The van der Waals surface area contributed by atoms with Gasteiger partial charge in [-0.2, -0.15) is 0 Å². The number of ether oxygens (including phenoxy) is 1. The van der Waals surface area contributed by atoms with Crippen LogP contribution in [-0.2, 0) is 4.74 Å². The van der Waals surface area contributed by atoms with Crippen molar-refractivity contribution < 1.29 is 28.1 Å². The summed E-state index contributed by atoms with van der Waals surface area (Å²) in [6, 6.07) is 0. The summed E-state index contributed by atoms with van der Waals surface area (Å²) in [5.74, 6) is 0. The van der Waals surface area contributed by atoms with Crippen molar-refractivity contribution >= 4 is 0 Å². The van der Waals surface area contributed by atoms with Gasteiger partial charge in [-0.15, -0.1) is 13.2 Å². The standard InChI is InChI=1S/C20H31F3N2O3/c1-24-13-15-25(16-14-24)12-11-18(28-20(21,22)23)9-5-6-10-19(18,27)17(26)7-3-2-4-8-17/h5-6,9-10,26-27H,2-4,7-8,11-16H2,1H3. The lowest BCUT2D eigenvalue weighted by Gasteiger charge is -2.54. The number of alkyl halides is 3. The molecule has 2 fully saturated rings. The van der Waals surface area contributed by atoms with Crippen LogP contribution < -0.4 is 0 Å². The number of hydrogen-bond donors (Lipinski definition) is 2. The molecule has 1 heterocycles. The first kappa shape index (κ1) is 21.8. The predicted molar refractivity (Wildman–Crippen MR) is 99.7 cm³/mol. The number of piperazine rings is 1. The maximum Gasteiger partial charge on any atom is 0.523 e. The zero-order chi connectivity index (χ0) is 20.5. The van der Waals surface area contributed by atoms with Crippen LogP contribution in [0, 0.1) is 0 Å². The summed E-state index contributed by atoms with van der Waals surface area (Å²) in [7, 11) is 2.01. The van der Waals surface area contributed by atoms with E-state index in [1.165, 1.54) is 24.3 Å². The van der Waals surface area contributed by atoms with E-state index in [0.29, 0.717) is 19.4 Å². The highest BCUT2D eigenvalue weighted by Crippen LogP contribution is 2.50. The minimum Gasteiger partial charge on any atom is -0.386 e. The maximum atomic E-state index is 13.4. The zero-order valence-electron chi connectivity index (χ0n) is 16.4. The fourth-order valence-corrected chi connectivity index (χ4v) is 4.78. The predicted octanol–water partition coefficient (Wildman–Crippen LogP) is 2.45. The second-order valence-electron chi connectivity index (χ2n) is 8.41. The smallest absolute Gasteiger partial charge is 0.386 e. The van der Waals surface area contributed by atoms with Crippen LogP contribution in [0.2, 0.25) is 0 Å². The van der Waals surface area contributed by atoms with Crippen LogP contribution in [0.5, 0.6) is 0 Å². The molecule has 8 heteroatoms. The highest BCUT2D eigenvalue weighted by Gasteiger charge is 2.64. The van der Waals surface area contributed by atoms with Crippen LogP contribution in [0.15, 0.2) is 24.3 Å². The second kappa shape index (κ2) is 8.07. The highest BCUT2D eigenvalue weighted by molar-refractivity contribution is 5.35. The van der Waals surface area contributed by atoms with E-state index in [0.717, 1.165) is 32.6 Å². The molecule has 2 N–H and O–H groups in total. The van der Waals surface area contributed by atoms with Gasteiger partial charge in [0.1, 0.15) is 16.8 Å². The van der Waals surface area contributed by atoms with Crippen LogP contribution in [0.25, 0.3) is 0 Å². The third kappa shape index (κ3) is 4.31. The number of rotatable bonds is 5. The number of hydrogen-bond acceptors (Lipinski definition) is 5. The molecular formula is C20H31F3N2O3. The average Bonchev–Trinajstić information content (AvgIpc) is 2.63. The molecule has 160 valence electrons. The second-order valence-corrected chi connectivity index (χ2v) is 8.41. The van der Waals surface area contributed by atoms with Gasteiger partial charge in [-0.3, -0.25) is 4.74 Å². The molecule has 0 amide bonds. The van der Waals surface area contributed by atoms with Gasteiger partial charge in [0, 0.05) is 32.7 Å². The molecule has 0 aromatic carbocycles. The van der Waals surface area contributed by atoms with Crippen molar-refractivity contribution in [3.05, 3.63) is 24.3 Å². The lowest BCUT2D eigenvalue weighted by molar-refractivity contribution is -0.389. The Morgan fingerprint density at radius 3 is 2.18 bits per heavy atom. The molecular weight excluding hydrogens is 373 g/mol. The Kier molecular flexibility index (Phi) is 6.27. The largest absolute Gasteiger partial charge is 0.523 e. The third-order valence-corrected chi connectivity index (χ3v) is 6.54. The SMILES string of the molecule is CN1CCN(CCC2(OC(F)(F)F)C=CC=CC2(O)C2(O)CCCCC2)CC1. The van der Waals surface area contributed by atoms with Crippen LogP contribution in [0.3, 0.4) is 0 Å². The van der Waals surface area contributed by atoms with E-state index in [1.54, 1.807) is 0 Å². The maximum absolute atomic E-state index is 13.4. The van der Waals surface area contributed by atoms with E-state index in [4.69, 9.17) is 0 Å². The minimum atomic E-state index is -4.93. The van der Waals surface area contributed by atoms with E-state index in [1.807, 2.05) is 7.05 Å². The lowest BCUT2D eigenvalue weighted by Crippen LogP contribution is -2.69. The Morgan fingerprint density at radius 1 is 0.964 bits per heavy atom. The number of aliphatic hydroxyl groups is 2. The fourth-order valence-electron chi connectivity index (χ4n) is 4.78. The van der Waals surface area contributed by atoms with Crippen molar-refractivity contribution in [2.24, 2.45) is 0 Å². The summed E-state index contributed by atoms with van der Waals surface area (Å²) in [4.78, 5) is 4.25. The van der Waals surface area contributed by atoms with E-state index in [9.17, 15) is 23.4 Å². The molecule has 2 atom stereocenters. The minimum absolute atomic E-state index is 0.0596. The van der Waals surface area contributed by atoms with Gasteiger partial charge in [-0.25, -0.2) is 0 Å². The van der Waals surface area contributed by atoms with Crippen LogP contribution in [0.4, 0.5) is 13.2 Å². The van der Waals surface area contributed by atoms with Gasteiger partial charge in [-0.05, 0) is 38.5 Å². The molecule has 3 rings (SSSR count). The summed E-state index contributed by atoms with van der Waals surface area (Å²) in [6.07, 6.45) is 3.28. The third-order valence-electron chi connectivity index (χ3n) is 6.54. The fraction of sp³-hybridized carbons (Fsp3) is 0.800. The number of likely N-dealkylation sites (N-methyl/N-ethyl adjacent to an activating group) is 1. The van der Waals surface area contributed by atoms with Crippen molar-refractivity contribution in [3.63, 3.8) is 0 Å². The summed E-state index contributed by atoms with van der Waals surface area (Å²) in [5, 5.41) is 22.8. The highest BCUT2D eigenvalue weighted by atomic mass is 19.4. The molecule has 1 saturated carbocycles. The van der Waals surface area contributed by atoms with Gasteiger partial charge in [0.2, 0.25) is 0 Å². The molecule has 2 unspecified atom stereocenters. The molecule has 28 heavy (non-hydrogen) atoms. The molecule has 0 bridgehead atoms. The zero-order valence-corrected chi connectivity index (χ0v) is 16.4. The summed E-state index contributed by atoms with van der Waals surface area (Å²) >= 11 is 0. The Hall–Kier alpha value is -0.930. The summed E-state index contributed by atoms with van der Waals surface area (Å²) in [6.45, 7) is 3.54. The molecule has 2 aliphatic carbocycles. The van der Waals surface area contributed by atoms with Gasteiger partial charge >= 0.3 is 6.36 Å². The first-order chi connectivity index (χ1) is 13.1. The van der Waals surface area contributed by atoms with Gasteiger partial charge in [0.25, 0.3) is 0 Å². The first-order valence-corrected chi connectivity index (χ1v) is 10.1. The van der Waals surface area contributed by atoms with Crippen LogP contribution in [-0.4, -0.2) is 82.9 Å². The van der Waals surface area contributed by atoms with E-state index in [2.05, 4.69) is 14.5 Å². The molecule has 5 nitrogen and oxygen atoms in total. The van der Waals surface area contributed by atoms with Gasteiger partial charge < -0.3 is 20.0 Å². The monoisotopic (exact) mass is 404 g/mol. The van der Waals surface area contributed by atoms with Crippen molar-refractivity contribution in [2.75, 3.05) is 39.8 Å². The Labute approximate surface area is 164 Å². The van der Waals surface area contributed by atoms with Crippen LogP contribution in [0.1, 0.15) is 38.5 Å². The van der Waals surface area contributed by atoms with Crippen molar-refractivity contribution in [3.8, 4) is 0 Å². The molecule has 0 aromatic heterocycles. The van der Waals surface area contributed by atoms with Gasteiger partial charge in [0.15, 0.2) is 0 Å². The quantitative estimate of drug-likeness (QED) is 0.737. The van der Waals surface area contributed by atoms with Gasteiger partial charge in [-0.1, -0.05) is 31.4 Å². The Bertz CT molecular complexity index is 596. The van der Waals surface area contributed by atoms with Crippen LogP contribution >= 0.6 is 0 Å². The molecule has 0 radical (unpaired) electrons. The van der Waals surface area contributed by atoms with Crippen molar-refractivity contribution in [1.29, 1.82) is 0 Å². The molecule has 0 aromatic rings. The number of halogens is 3. The van der Waals surface area contributed by atoms with Crippen molar-refractivity contribution in [1.82, 2.24) is 9.80 Å². The lowest BCUT2D eigenvalue weighted by atomic mass is 9.62. The number of allylic oxidation sites excluding steroid dienone is 2. The van der Waals surface area contributed by atoms with E-state index >= 15 is 0 Å². The normalized spacial score (nSPS) is 34.6. The Morgan fingerprint density at radius 2 is 1.57 bits per heavy atom. The molecule has 0 spiro atoms.